The monoisotopic (exact) mass is 307 g/mol. The van der Waals surface area contributed by atoms with E-state index in [4.69, 9.17) is 0 Å². The molecule has 0 unspecified atom stereocenters. The van der Waals surface area contributed by atoms with E-state index in [2.05, 4.69) is 41.4 Å². The maximum atomic E-state index is 4.48. The Morgan fingerprint density at radius 1 is 0.706 bits per heavy atom. The predicted octanol–water partition coefficient (Wildman–Crippen LogP) is 3.90. The quantitative estimate of drug-likeness (QED) is 0.621. The number of nitrogens with zero attached hydrogens (tertiary/aromatic N) is 1. The maximum Gasteiger partial charge on any atom is 3.00 e. The van der Waals surface area contributed by atoms with Crippen LogP contribution in [0.1, 0.15) is 0 Å². The molecular formula is C15H11NRu+3. The van der Waals surface area contributed by atoms with Gasteiger partial charge in [0.25, 0.3) is 0 Å². The molecule has 0 aliphatic carbocycles. The molecule has 17 heavy (non-hydrogen) atoms. The fraction of sp³-hybridized carbons (Fsp3) is 0. The van der Waals surface area contributed by atoms with E-state index in [1.807, 2.05) is 30.5 Å². The third kappa shape index (κ3) is 2.27. The van der Waals surface area contributed by atoms with Gasteiger partial charge in [-0.25, -0.2) is 0 Å². The number of pyridine rings is 1. The Morgan fingerprint density at radius 3 is 2.24 bits per heavy atom. The molecule has 0 aliphatic rings. The summed E-state index contributed by atoms with van der Waals surface area (Å²) in [5.74, 6) is 0. The number of rotatable bonds is 1. The maximum absolute atomic E-state index is 4.48. The van der Waals surface area contributed by atoms with Gasteiger partial charge >= 0.3 is 19.5 Å². The van der Waals surface area contributed by atoms with Crippen molar-refractivity contribution in [3.8, 4) is 11.3 Å². The van der Waals surface area contributed by atoms with Crippen molar-refractivity contribution < 1.29 is 19.5 Å². The van der Waals surface area contributed by atoms with Gasteiger partial charge in [-0.2, -0.15) is 0 Å². The zero-order valence-electron chi connectivity index (χ0n) is 9.15. The number of hydrogen-bond donors (Lipinski definition) is 0. The zero-order chi connectivity index (χ0) is 10.8. The third-order valence-corrected chi connectivity index (χ3v) is 2.72. The number of benzene rings is 2. The largest absolute Gasteiger partial charge is 3.00 e. The first-order valence-electron chi connectivity index (χ1n) is 5.34. The van der Waals surface area contributed by atoms with Crippen LogP contribution in [0.25, 0.3) is 22.0 Å². The molecule has 2 aromatic carbocycles. The van der Waals surface area contributed by atoms with Gasteiger partial charge in [0.05, 0.1) is 5.69 Å². The summed E-state index contributed by atoms with van der Waals surface area (Å²) < 4.78 is 0. The molecule has 3 rings (SSSR count). The Balaban J connectivity index is 0.00000108. The van der Waals surface area contributed by atoms with Crippen LogP contribution in [-0.4, -0.2) is 4.98 Å². The Hall–Kier alpha value is -1.53. The Bertz CT molecular complexity index is 615. The van der Waals surface area contributed by atoms with Gasteiger partial charge < -0.3 is 0 Å². The van der Waals surface area contributed by atoms with Crippen LogP contribution in [0.15, 0.2) is 66.9 Å². The van der Waals surface area contributed by atoms with Gasteiger partial charge in [-0.05, 0) is 11.5 Å². The van der Waals surface area contributed by atoms with Gasteiger partial charge in [-0.3, -0.25) is 4.98 Å². The van der Waals surface area contributed by atoms with Crippen molar-refractivity contribution in [2.24, 2.45) is 0 Å². The smallest absolute Gasteiger partial charge is 0.256 e. The molecule has 0 amide bonds. The van der Waals surface area contributed by atoms with E-state index in [9.17, 15) is 0 Å². The van der Waals surface area contributed by atoms with E-state index in [1.54, 1.807) is 0 Å². The van der Waals surface area contributed by atoms with Crippen LogP contribution in [0.4, 0.5) is 0 Å². The van der Waals surface area contributed by atoms with E-state index < -0.39 is 0 Å². The van der Waals surface area contributed by atoms with Crippen LogP contribution in [0, 0.1) is 0 Å². The van der Waals surface area contributed by atoms with Crippen LogP contribution < -0.4 is 0 Å². The molecule has 0 saturated carbocycles. The van der Waals surface area contributed by atoms with Crippen molar-refractivity contribution in [2.75, 3.05) is 0 Å². The summed E-state index contributed by atoms with van der Waals surface area (Å²) >= 11 is 0. The molecule has 0 atom stereocenters. The SMILES string of the molecule is [Ru+3].c1ccc(-c2nccc3ccccc23)cc1. The summed E-state index contributed by atoms with van der Waals surface area (Å²) in [6.45, 7) is 0. The molecular weight excluding hydrogens is 295 g/mol. The Kier molecular flexibility index (Phi) is 3.66. The third-order valence-electron chi connectivity index (χ3n) is 2.72. The molecule has 0 aliphatic heterocycles. The molecule has 1 radical (unpaired) electrons. The van der Waals surface area contributed by atoms with Gasteiger partial charge in [0.2, 0.25) is 0 Å². The first kappa shape index (κ1) is 11.9. The van der Waals surface area contributed by atoms with Crippen LogP contribution >= 0.6 is 0 Å². The van der Waals surface area contributed by atoms with Gasteiger partial charge in [0.15, 0.2) is 0 Å². The Morgan fingerprint density at radius 2 is 1.41 bits per heavy atom. The number of fused-ring (bicyclic) bond motifs is 1. The van der Waals surface area contributed by atoms with E-state index >= 15 is 0 Å². The summed E-state index contributed by atoms with van der Waals surface area (Å²) in [4.78, 5) is 4.48. The predicted molar refractivity (Wildman–Crippen MR) is 67.2 cm³/mol. The fourth-order valence-electron chi connectivity index (χ4n) is 1.95. The minimum Gasteiger partial charge on any atom is -0.256 e. The van der Waals surface area contributed by atoms with Crippen LogP contribution in [0.5, 0.6) is 0 Å². The Labute approximate surface area is 113 Å². The van der Waals surface area contributed by atoms with Crippen LogP contribution in [0.2, 0.25) is 0 Å². The summed E-state index contributed by atoms with van der Waals surface area (Å²) in [7, 11) is 0. The van der Waals surface area contributed by atoms with Gasteiger partial charge in [0.1, 0.15) is 0 Å². The first-order chi connectivity index (χ1) is 7.95. The molecule has 0 N–H and O–H groups in total. The summed E-state index contributed by atoms with van der Waals surface area (Å²) in [5, 5.41) is 2.44. The van der Waals surface area contributed by atoms with Crippen molar-refractivity contribution in [1.29, 1.82) is 0 Å². The zero-order valence-corrected chi connectivity index (χ0v) is 10.9. The normalized spacial score (nSPS) is 9.88. The molecule has 1 nitrogen and oxygen atoms in total. The molecule has 1 heterocycles. The van der Waals surface area contributed by atoms with Crippen LogP contribution in [0.3, 0.4) is 0 Å². The first-order valence-corrected chi connectivity index (χ1v) is 5.34. The number of aromatic nitrogens is 1. The van der Waals surface area contributed by atoms with Crippen molar-refractivity contribution in [3.63, 3.8) is 0 Å². The van der Waals surface area contributed by atoms with Crippen LogP contribution in [-0.2, 0) is 19.5 Å². The standard InChI is InChI=1S/C15H11N.Ru/c1-2-7-13(8-3-1)15-14-9-5-4-6-12(14)10-11-16-15;/h1-11H;/q;+3. The summed E-state index contributed by atoms with van der Waals surface area (Å²) in [5.41, 5.74) is 2.22. The van der Waals surface area contributed by atoms with E-state index in [0.29, 0.717) is 0 Å². The molecule has 0 fully saturated rings. The van der Waals surface area contributed by atoms with E-state index in [1.165, 1.54) is 16.3 Å². The average Bonchev–Trinajstić information content (AvgIpc) is 2.39. The molecule has 3 aromatic rings. The second-order valence-corrected chi connectivity index (χ2v) is 3.75. The molecule has 81 valence electrons. The summed E-state index contributed by atoms with van der Waals surface area (Å²) in [6, 6.07) is 20.7. The van der Waals surface area contributed by atoms with E-state index in [0.717, 1.165) is 5.69 Å². The average molecular weight is 306 g/mol. The molecule has 2 heteroatoms. The van der Waals surface area contributed by atoms with Crippen molar-refractivity contribution in [3.05, 3.63) is 66.9 Å². The van der Waals surface area contributed by atoms with Crippen molar-refractivity contribution in [1.82, 2.24) is 4.98 Å². The molecule has 0 spiro atoms. The molecule has 0 bridgehead atoms. The second kappa shape index (κ2) is 5.20. The fourth-order valence-corrected chi connectivity index (χ4v) is 1.95. The van der Waals surface area contributed by atoms with Gasteiger partial charge in [0, 0.05) is 17.1 Å². The number of hydrogen-bond acceptors (Lipinski definition) is 1. The minimum absolute atomic E-state index is 0. The second-order valence-electron chi connectivity index (χ2n) is 3.75. The van der Waals surface area contributed by atoms with Gasteiger partial charge in [-0.1, -0.05) is 54.6 Å². The molecule has 0 saturated heterocycles. The molecule has 1 aromatic heterocycles. The van der Waals surface area contributed by atoms with Gasteiger partial charge in [-0.15, -0.1) is 0 Å². The topological polar surface area (TPSA) is 12.9 Å². The van der Waals surface area contributed by atoms with Crippen molar-refractivity contribution in [2.45, 2.75) is 0 Å². The summed E-state index contributed by atoms with van der Waals surface area (Å²) in [6.07, 6.45) is 1.87. The van der Waals surface area contributed by atoms with Crippen molar-refractivity contribution >= 4 is 10.8 Å². The minimum atomic E-state index is 0. The van der Waals surface area contributed by atoms with E-state index in [-0.39, 0.29) is 19.5 Å².